The Hall–Kier alpha value is -3.78. The second-order valence-corrected chi connectivity index (χ2v) is 7.68. The minimum absolute atomic E-state index is 0.00234. The summed E-state index contributed by atoms with van der Waals surface area (Å²) >= 11 is 0. The first-order valence-corrected chi connectivity index (χ1v) is 11.5. The second-order valence-electron chi connectivity index (χ2n) is 7.68. The van der Waals surface area contributed by atoms with Crippen molar-refractivity contribution in [3.05, 3.63) is 71.8 Å². The Morgan fingerprint density at radius 2 is 1.74 bits per heavy atom. The summed E-state index contributed by atoms with van der Waals surface area (Å²) in [6, 6.07) is 11.1. The molecule has 1 aliphatic rings. The number of hydrogen-bond donors (Lipinski definition) is 1. The van der Waals surface area contributed by atoms with Crippen molar-refractivity contribution in [3.8, 4) is 17.2 Å². The van der Waals surface area contributed by atoms with E-state index in [2.05, 4.69) is 6.58 Å². The Balaban J connectivity index is 2.12. The highest BCUT2D eigenvalue weighted by Crippen LogP contribution is 2.42. The zero-order valence-electron chi connectivity index (χ0n) is 20.3. The molecule has 1 atom stereocenters. The third kappa shape index (κ3) is 5.66. The lowest BCUT2D eigenvalue weighted by molar-refractivity contribution is -0.140. The van der Waals surface area contributed by atoms with E-state index in [1.807, 2.05) is 13.8 Å². The SMILES string of the molecule is C=CCOc1ccc(C2C(=C(O)c3ccc(OCC)cc3)C(=O)C(=O)N2CCOC)cc1OCC. The minimum Gasteiger partial charge on any atom is -0.507 e. The number of ether oxygens (including phenoxy) is 4. The van der Waals surface area contributed by atoms with Crippen LogP contribution in [0.25, 0.3) is 5.76 Å². The first kappa shape index (κ1) is 25.8. The third-order valence-corrected chi connectivity index (χ3v) is 5.46. The van der Waals surface area contributed by atoms with Gasteiger partial charge >= 0.3 is 0 Å². The maximum absolute atomic E-state index is 13.1. The fraction of sp³-hybridized carbons (Fsp3) is 0.333. The van der Waals surface area contributed by atoms with E-state index in [1.54, 1.807) is 48.5 Å². The van der Waals surface area contributed by atoms with Crippen molar-refractivity contribution in [2.24, 2.45) is 0 Å². The van der Waals surface area contributed by atoms with Crippen molar-refractivity contribution in [3.63, 3.8) is 0 Å². The van der Waals surface area contributed by atoms with E-state index in [4.69, 9.17) is 18.9 Å². The number of nitrogens with zero attached hydrogens (tertiary/aromatic N) is 1. The standard InChI is InChI=1S/C27H31NO7/c1-5-15-35-21-13-10-19(17-22(21)34-7-3)24-23(26(30)27(31)28(24)14-16-32-4)25(29)18-8-11-20(12-9-18)33-6-2/h5,8-13,17,24,29H,1,6-7,14-16H2,2-4H3. The molecule has 1 saturated heterocycles. The van der Waals surface area contributed by atoms with Crippen molar-refractivity contribution in [2.45, 2.75) is 19.9 Å². The largest absolute Gasteiger partial charge is 0.507 e. The normalized spacial score (nSPS) is 16.9. The van der Waals surface area contributed by atoms with E-state index in [0.717, 1.165) is 0 Å². The van der Waals surface area contributed by atoms with Gasteiger partial charge in [-0.05, 0) is 55.8 Å². The average Bonchev–Trinajstić information content (AvgIpc) is 3.12. The number of amides is 1. The molecule has 8 nitrogen and oxygen atoms in total. The summed E-state index contributed by atoms with van der Waals surface area (Å²) in [6.45, 7) is 8.97. The molecule has 1 amide bonds. The van der Waals surface area contributed by atoms with E-state index in [0.29, 0.717) is 48.2 Å². The van der Waals surface area contributed by atoms with Gasteiger partial charge in [-0.2, -0.15) is 0 Å². The number of ketones is 1. The van der Waals surface area contributed by atoms with Gasteiger partial charge in [-0.25, -0.2) is 0 Å². The van der Waals surface area contributed by atoms with Gasteiger partial charge in [-0.15, -0.1) is 0 Å². The molecule has 1 heterocycles. The van der Waals surface area contributed by atoms with Gasteiger partial charge in [0.25, 0.3) is 11.7 Å². The van der Waals surface area contributed by atoms with Gasteiger partial charge in [0.1, 0.15) is 18.1 Å². The molecule has 8 heteroatoms. The highest BCUT2D eigenvalue weighted by Gasteiger charge is 2.46. The summed E-state index contributed by atoms with van der Waals surface area (Å²) in [6.07, 6.45) is 1.63. The van der Waals surface area contributed by atoms with Crippen LogP contribution in [0.2, 0.25) is 0 Å². The van der Waals surface area contributed by atoms with E-state index in [9.17, 15) is 14.7 Å². The first-order chi connectivity index (χ1) is 17.0. The van der Waals surface area contributed by atoms with E-state index in [1.165, 1.54) is 12.0 Å². The molecule has 0 aliphatic carbocycles. The number of carbonyl (C=O) groups is 2. The van der Waals surface area contributed by atoms with Gasteiger partial charge in [0.05, 0.1) is 31.4 Å². The van der Waals surface area contributed by atoms with Gasteiger partial charge in [-0.1, -0.05) is 18.7 Å². The Kier molecular flexibility index (Phi) is 8.92. The quantitative estimate of drug-likeness (QED) is 0.211. The van der Waals surface area contributed by atoms with Crippen molar-refractivity contribution < 1.29 is 33.6 Å². The molecule has 0 spiro atoms. The maximum Gasteiger partial charge on any atom is 0.295 e. The number of likely N-dealkylation sites (tertiary alicyclic amines) is 1. The summed E-state index contributed by atoms with van der Waals surface area (Å²) in [7, 11) is 1.52. The van der Waals surface area contributed by atoms with Crippen LogP contribution in [0.4, 0.5) is 0 Å². The van der Waals surface area contributed by atoms with Crippen LogP contribution in [0.5, 0.6) is 17.2 Å². The third-order valence-electron chi connectivity index (χ3n) is 5.46. The topological polar surface area (TPSA) is 94.5 Å². The van der Waals surface area contributed by atoms with Crippen LogP contribution in [0.15, 0.2) is 60.7 Å². The first-order valence-electron chi connectivity index (χ1n) is 11.5. The fourth-order valence-electron chi connectivity index (χ4n) is 3.91. The van der Waals surface area contributed by atoms with Crippen LogP contribution >= 0.6 is 0 Å². The number of aliphatic hydroxyl groups is 1. The van der Waals surface area contributed by atoms with Gasteiger partial charge in [-0.3, -0.25) is 9.59 Å². The van der Waals surface area contributed by atoms with Gasteiger partial charge in [0.15, 0.2) is 11.5 Å². The number of benzene rings is 2. The van der Waals surface area contributed by atoms with Crippen molar-refractivity contribution in [1.29, 1.82) is 0 Å². The van der Waals surface area contributed by atoms with Crippen LogP contribution in [0.1, 0.15) is 31.0 Å². The predicted octanol–water partition coefficient (Wildman–Crippen LogP) is 4.12. The molecular weight excluding hydrogens is 450 g/mol. The van der Waals surface area contributed by atoms with Crippen molar-refractivity contribution in [1.82, 2.24) is 4.90 Å². The lowest BCUT2D eigenvalue weighted by Crippen LogP contribution is -2.32. The van der Waals surface area contributed by atoms with Crippen LogP contribution in [0, 0.1) is 0 Å². The Morgan fingerprint density at radius 3 is 2.37 bits per heavy atom. The molecule has 0 radical (unpaired) electrons. The summed E-state index contributed by atoms with van der Waals surface area (Å²) in [5, 5.41) is 11.2. The zero-order chi connectivity index (χ0) is 25.4. The number of rotatable bonds is 12. The predicted molar refractivity (Wildman–Crippen MR) is 132 cm³/mol. The highest BCUT2D eigenvalue weighted by molar-refractivity contribution is 6.46. The maximum atomic E-state index is 13.1. The molecule has 2 aromatic rings. The second kappa shape index (κ2) is 12.1. The number of hydrogen-bond acceptors (Lipinski definition) is 7. The summed E-state index contributed by atoms with van der Waals surface area (Å²) in [5.74, 6) is -0.119. The van der Waals surface area contributed by atoms with E-state index < -0.39 is 17.7 Å². The summed E-state index contributed by atoms with van der Waals surface area (Å²) in [5.41, 5.74) is 0.999. The molecule has 3 rings (SSSR count). The summed E-state index contributed by atoms with van der Waals surface area (Å²) in [4.78, 5) is 27.5. The van der Waals surface area contributed by atoms with Crippen LogP contribution in [-0.4, -0.2) is 61.8 Å². The summed E-state index contributed by atoms with van der Waals surface area (Å²) < 4.78 is 22.1. The molecule has 0 aromatic heterocycles. The molecule has 1 N–H and O–H groups in total. The lowest BCUT2D eigenvalue weighted by atomic mass is 9.95. The zero-order valence-corrected chi connectivity index (χ0v) is 20.3. The number of carbonyl (C=O) groups excluding carboxylic acids is 2. The molecule has 35 heavy (non-hydrogen) atoms. The van der Waals surface area contributed by atoms with Crippen LogP contribution in [0.3, 0.4) is 0 Å². The number of Topliss-reactive ketones (excluding diaryl/α,β-unsaturated/α-hetero) is 1. The Labute approximate surface area is 205 Å². The van der Waals surface area contributed by atoms with E-state index in [-0.39, 0.29) is 24.5 Å². The molecule has 2 aromatic carbocycles. The number of aliphatic hydroxyl groups excluding tert-OH is 1. The average molecular weight is 482 g/mol. The molecule has 0 bridgehead atoms. The monoisotopic (exact) mass is 481 g/mol. The van der Waals surface area contributed by atoms with Crippen LogP contribution in [-0.2, 0) is 14.3 Å². The Morgan fingerprint density at radius 1 is 1.03 bits per heavy atom. The van der Waals surface area contributed by atoms with Crippen molar-refractivity contribution in [2.75, 3.05) is 40.1 Å². The lowest BCUT2D eigenvalue weighted by Gasteiger charge is -2.26. The van der Waals surface area contributed by atoms with Gasteiger partial charge in [0.2, 0.25) is 0 Å². The van der Waals surface area contributed by atoms with Crippen molar-refractivity contribution >= 4 is 17.4 Å². The smallest absolute Gasteiger partial charge is 0.295 e. The highest BCUT2D eigenvalue weighted by atomic mass is 16.5. The molecule has 1 aliphatic heterocycles. The van der Waals surface area contributed by atoms with Gasteiger partial charge in [0, 0.05) is 19.2 Å². The van der Waals surface area contributed by atoms with Gasteiger partial charge < -0.3 is 29.0 Å². The minimum atomic E-state index is -0.829. The molecule has 0 saturated carbocycles. The molecule has 186 valence electrons. The molecule has 1 unspecified atom stereocenters. The molecular formula is C27H31NO7. The number of methoxy groups -OCH3 is 1. The molecule has 1 fully saturated rings. The Bertz CT molecular complexity index is 1090. The van der Waals surface area contributed by atoms with Crippen LogP contribution < -0.4 is 14.2 Å². The van der Waals surface area contributed by atoms with E-state index >= 15 is 0 Å². The fourth-order valence-corrected chi connectivity index (χ4v) is 3.91.